The minimum atomic E-state index is -0.293. The lowest BCUT2D eigenvalue weighted by Crippen LogP contribution is -2.15. The fraction of sp³-hybridized carbons (Fsp3) is 0.400. The van der Waals surface area contributed by atoms with Crippen LogP contribution in [0.5, 0.6) is 11.5 Å². The van der Waals surface area contributed by atoms with Crippen molar-refractivity contribution in [1.82, 2.24) is 0 Å². The van der Waals surface area contributed by atoms with Crippen molar-refractivity contribution in [3.63, 3.8) is 0 Å². The van der Waals surface area contributed by atoms with Crippen LogP contribution in [0.4, 0.5) is 0 Å². The smallest absolute Gasteiger partial charge is 0.308 e. The molecule has 0 heterocycles. The van der Waals surface area contributed by atoms with E-state index < -0.39 is 0 Å². The van der Waals surface area contributed by atoms with Crippen LogP contribution >= 0.6 is 0 Å². The highest BCUT2D eigenvalue weighted by atomic mass is 16.5. The van der Waals surface area contributed by atoms with Gasteiger partial charge in [0.05, 0.1) is 0 Å². The lowest BCUT2D eigenvalue weighted by Gasteiger charge is -2.26. The van der Waals surface area contributed by atoms with Crippen molar-refractivity contribution in [2.24, 2.45) is 0 Å². The monoisotopic (exact) mass is 322 g/mol. The van der Waals surface area contributed by atoms with E-state index in [1.54, 1.807) is 0 Å². The summed E-state index contributed by atoms with van der Waals surface area (Å²) in [5.74, 6) is 1.89. The van der Waals surface area contributed by atoms with Gasteiger partial charge in [0, 0.05) is 59.8 Å². The third-order valence-electron chi connectivity index (χ3n) is 5.70. The topological polar surface area (TPSA) is 52.6 Å². The fourth-order valence-electron chi connectivity index (χ4n) is 5.01. The number of esters is 2. The standard InChI is InChI=1S/C20H18O4/c1-9(21)23-19-15-11-3-5-13(7-11)17(15)20(24-10(2)22)18-14-6-4-12(8-14)16(18)19/h3-6,11-14H,7-8H2,1-2H3. The molecule has 4 aliphatic rings. The van der Waals surface area contributed by atoms with Gasteiger partial charge in [-0.2, -0.15) is 0 Å². The molecule has 0 radical (unpaired) electrons. The van der Waals surface area contributed by atoms with Gasteiger partial charge in [-0.15, -0.1) is 0 Å². The lowest BCUT2D eigenvalue weighted by molar-refractivity contribution is -0.133. The van der Waals surface area contributed by atoms with E-state index in [1.807, 2.05) is 0 Å². The van der Waals surface area contributed by atoms with Gasteiger partial charge in [0.15, 0.2) is 0 Å². The van der Waals surface area contributed by atoms with Crippen LogP contribution < -0.4 is 9.47 Å². The van der Waals surface area contributed by atoms with Gasteiger partial charge < -0.3 is 9.47 Å². The van der Waals surface area contributed by atoms with Crippen LogP contribution in [-0.2, 0) is 9.59 Å². The number of benzene rings is 1. The summed E-state index contributed by atoms with van der Waals surface area (Å²) in [4.78, 5) is 23.5. The summed E-state index contributed by atoms with van der Waals surface area (Å²) in [7, 11) is 0. The van der Waals surface area contributed by atoms with E-state index >= 15 is 0 Å². The number of fused-ring (bicyclic) bond motifs is 10. The molecule has 0 aromatic heterocycles. The fourth-order valence-corrected chi connectivity index (χ4v) is 5.01. The average molecular weight is 322 g/mol. The second kappa shape index (κ2) is 4.59. The molecule has 0 spiro atoms. The van der Waals surface area contributed by atoms with Crippen LogP contribution in [0, 0.1) is 0 Å². The highest BCUT2D eigenvalue weighted by Gasteiger charge is 2.47. The molecule has 4 unspecified atom stereocenters. The number of carbonyl (C=O) groups is 2. The summed E-state index contributed by atoms with van der Waals surface area (Å²) < 4.78 is 11.4. The Balaban J connectivity index is 1.83. The minimum absolute atomic E-state index is 0.252. The first kappa shape index (κ1) is 14.0. The van der Waals surface area contributed by atoms with Gasteiger partial charge in [0.2, 0.25) is 0 Å². The van der Waals surface area contributed by atoms with E-state index in [0.717, 1.165) is 46.6 Å². The van der Waals surface area contributed by atoms with Crippen LogP contribution in [0.1, 0.15) is 72.6 Å². The molecule has 4 heteroatoms. The normalized spacial score (nSPS) is 29.8. The first-order valence-corrected chi connectivity index (χ1v) is 8.51. The summed E-state index contributed by atoms with van der Waals surface area (Å²) in [5, 5.41) is 0. The molecule has 4 bridgehead atoms. The molecular weight excluding hydrogens is 304 g/mol. The maximum Gasteiger partial charge on any atom is 0.308 e. The number of hydrogen-bond donors (Lipinski definition) is 0. The summed E-state index contributed by atoms with van der Waals surface area (Å²) in [6.45, 7) is 2.90. The van der Waals surface area contributed by atoms with Crippen molar-refractivity contribution >= 4 is 11.9 Å². The van der Waals surface area contributed by atoms with Crippen LogP contribution in [0.2, 0.25) is 0 Å². The largest absolute Gasteiger partial charge is 0.426 e. The second-order valence-corrected chi connectivity index (χ2v) is 7.17. The van der Waals surface area contributed by atoms with Gasteiger partial charge in [-0.3, -0.25) is 9.59 Å². The van der Waals surface area contributed by atoms with Gasteiger partial charge in [-0.1, -0.05) is 24.3 Å². The second-order valence-electron chi connectivity index (χ2n) is 7.17. The molecule has 1 aromatic rings. The Kier molecular flexibility index (Phi) is 2.68. The Labute approximate surface area is 140 Å². The molecule has 24 heavy (non-hydrogen) atoms. The van der Waals surface area contributed by atoms with E-state index in [4.69, 9.17) is 9.47 Å². The number of ether oxygens (including phenoxy) is 2. The van der Waals surface area contributed by atoms with Crippen LogP contribution in [0.15, 0.2) is 24.3 Å². The minimum Gasteiger partial charge on any atom is -0.426 e. The van der Waals surface area contributed by atoms with Gasteiger partial charge in [0.25, 0.3) is 0 Å². The maximum absolute atomic E-state index is 11.7. The third-order valence-corrected chi connectivity index (χ3v) is 5.70. The van der Waals surface area contributed by atoms with Crippen molar-refractivity contribution in [2.45, 2.75) is 50.4 Å². The van der Waals surface area contributed by atoms with Crippen LogP contribution in [0.3, 0.4) is 0 Å². The highest BCUT2D eigenvalue weighted by Crippen LogP contribution is 2.64. The Morgan fingerprint density at radius 3 is 1.25 bits per heavy atom. The van der Waals surface area contributed by atoms with E-state index in [9.17, 15) is 9.59 Å². The van der Waals surface area contributed by atoms with Crippen LogP contribution in [0.25, 0.3) is 0 Å². The van der Waals surface area contributed by atoms with Crippen molar-refractivity contribution in [3.8, 4) is 11.5 Å². The summed E-state index contributed by atoms with van der Waals surface area (Å²) >= 11 is 0. The quantitative estimate of drug-likeness (QED) is 0.472. The van der Waals surface area contributed by atoms with Crippen molar-refractivity contribution in [3.05, 3.63) is 46.6 Å². The van der Waals surface area contributed by atoms with Crippen molar-refractivity contribution in [1.29, 1.82) is 0 Å². The number of rotatable bonds is 2. The predicted molar refractivity (Wildman–Crippen MR) is 87.5 cm³/mol. The molecule has 122 valence electrons. The molecule has 0 N–H and O–H groups in total. The van der Waals surface area contributed by atoms with Crippen molar-refractivity contribution < 1.29 is 19.1 Å². The van der Waals surface area contributed by atoms with E-state index in [-0.39, 0.29) is 35.6 Å². The van der Waals surface area contributed by atoms with Gasteiger partial charge in [0.1, 0.15) is 11.5 Å². The summed E-state index contributed by atoms with van der Waals surface area (Å²) in [6.07, 6.45) is 10.7. The van der Waals surface area contributed by atoms with Crippen molar-refractivity contribution in [2.75, 3.05) is 0 Å². The van der Waals surface area contributed by atoms with E-state index in [1.165, 1.54) is 13.8 Å². The highest BCUT2D eigenvalue weighted by molar-refractivity contribution is 5.79. The summed E-state index contributed by atoms with van der Waals surface area (Å²) in [5.41, 5.74) is 4.25. The Morgan fingerprint density at radius 2 is 1.00 bits per heavy atom. The SMILES string of the molecule is CC(=O)Oc1c2c(c(OC(C)=O)c3c1C1C=CC3C1)C1C=CC2C1. The molecule has 1 aromatic carbocycles. The molecule has 4 atom stereocenters. The molecular formula is C20H18O4. The zero-order chi connectivity index (χ0) is 16.6. The molecule has 0 amide bonds. The Hall–Kier alpha value is -2.36. The number of hydrogen-bond acceptors (Lipinski definition) is 4. The van der Waals surface area contributed by atoms with E-state index in [2.05, 4.69) is 24.3 Å². The molecule has 5 rings (SSSR count). The van der Waals surface area contributed by atoms with Gasteiger partial charge >= 0.3 is 11.9 Å². The Morgan fingerprint density at radius 1 is 0.708 bits per heavy atom. The first-order chi connectivity index (χ1) is 11.5. The zero-order valence-corrected chi connectivity index (χ0v) is 13.7. The molecule has 0 saturated heterocycles. The average Bonchev–Trinajstić information content (AvgIpc) is 3.27. The van der Waals surface area contributed by atoms with Crippen LogP contribution in [-0.4, -0.2) is 11.9 Å². The molecule has 0 saturated carbocycles. The maximum atomic E-state index is 11.7. The molecule has 0 aliphatic heterocycles. The zero-order valence-electron chi connectivity index (χ0n) is 13.7. The molecule has 4 aliphatic carbocycles. The Bertz CT molecular complexity index is 741. The van der Waals surface area contributed by atoms with Gasteiger partial charge in [-0.05, 0) is 12.8 Å². The summed E-state index contributed by atoms with van der Waals surface area (Å²) in [6, 6.07) is 0. The third kappa shape index (κ3) is 1.68. The molecule has 0 fully saturated rings. The molecule has 4 nitrogen and oxygen atoms in total. The predicted octanol–water partition coefficient (Wildman–Crippen LogP) is 3.82. The van der Waals surface area contributed by atoms with E-state index in [0.29, 0.717) is 0 Å². The number of allylic oxidation sites excluding steroid dienone is 4. The lowest BCUT2D eigenvalue weighted by atomic mass is 9.85. The van der Waals surface area contributed by atoms with Gasteiger partial charge in [-0.25, -0.2) is 0 Å². The first-order valence-electron chi connectivity index (χ1n) is 8.51. The number of carbonyl (C=O) groups excluding carboxylic acids is 2.